The normalized spacial score (nSPS) is 21.0. The molecule has 3 aromatic rings. The quantitative estimate of drug-likeness (QED) is 0.367. The summed E-state index contributed by atoms with van der Waals surface area (Å²) in [6.07, 6.45) is 11.0. The van der Waals surface area contributed by atoms with Gasteiger partial charge in [0.1, 0.15) is 11.2 Å². The highest BCUT2D eigenvalue weighted by Crippen LogP contribution is 2.40. The van der Waals surface area contributed by atoms with Crippen molar-refractivity contribution in [2.24, 2.45) is 5.41 Å². The molecule has 2 aromatic heterocycles. The fraction of sp³-hybridized carbons (Fsp3) is 0.406. The van der Waals surface area contributed by atoms with E-state index in [0.717, 1.165) is 37.1 Å². The molecule has 0 radical (unpaired) electrons. The number of likely N-dealkylation sites (tertiary alicyclic amines) is 1. The first kappa shape index (κ1) is 27.2. The summed E-state index contributed by atoms with van der Waals surface area (Å²) >= 11 is 0. The summed E-state index contributed by atoms with van der Waals surface area (Å²) in [6, 6.07) is 13.7. The fourth-order valence-electron chi connectivity index (χ4n) is 5.70. The third-order valence-electron chi connectivity index (χ3n) is 8.25. The summed E-state index contributed by atoms with van der Waals surface area (Å²) in [5.74, 6) is 1.37. The number of rotatable bonds is 9. The molecule has 3 aliphatic rings. The van der Waals surface area contributed by atoms with E-state index in [4.69, 9.17) is 9.47 Å². The summed E-state index contributed by atoms with van der Waals surface area (Å²) in [6.45, 7) is 2.84. The molecule has 41 heavy (non-hydrogen) atoms. The molecule has 1 atom stereocenters. The summed E-state index contributed by atoms with van der Waals surface area (Å²) in [7, 11) is 1.58. The summed E-state index contributed by atoms with van der Waals surface area (Å²) in [5.41, 5.74) is 3.53. The van der Waals surface area contributed by atoms with Crippen LogP contribution in [-0.4, -0.2) is 83.1 Å². The first-order chi connectivity index (χ1) is 20.0. The number of hydrogen-bond donors (Lipinski definition) is 0. The lowest BCUT2D eigenvalue weighted by molar-refractivity contribution is -0.148. The van der Waals surface area contributed by atoms with Gasteiger partial charge < -0.3 is 14.4 Å². The maximum Gasteiger partial charge on any atom is 0.321 e. The number of esters is 1. The molecule has 0 spiro atoms. The molecule has 1 amide bonds. The van der Waals surface area contributed by atoms with Gasteiger partial charge in [-0.2, -0.15) is 0 Å². The molecule has 0 N–H and O–H groups in total. The minimum absolute atomic E-state index is 0.0276. The Bertz CT molecular complexity index is 1420. The van der Waals surface area contributed by atoms with Crippen molar-refractivity contribution in [3.63, 3.8) is 0 Å². The van der Waals surface area contributed by atoms with Crippen LogP contribution in [0.2, 0.25) is 0 Å². The van der Waals surface area contributed by atoms with Crippen LogP contribution in [0.4, 0.5) is 0 Å². The van der Waals surface area contributed by atoms with E-state index in [9.17, 15) is 9.59 Å². The van der Waals surface area contributed by atoms with E-state index >= 15 is 0 Å². The highest BCUT2D eigenvalue weighted by molar-refractivity contribution is 5.84. The van der Waals surface area contributed by atoms with E-state index in [1.165, 1.54) is 11.1 Å². The van der Waals surface area contributed by atoms with E-state index < -0.39 is 5.41 Å². The standard InChI is InChI=1S/C32H35N5O4/c1-40-22-32(31(39)41-27-9-15-33-28(19-27)25-5-6-25)12-18-37(21-32)29(38)20-36-16-10-24(11-17-36)23-3-7-26(8-4-23)30-34-13-2-14-35-30/h2-4,7-10,13-15,19,25H,5-6,11-12,16-18,20-22H2,1H3. The lowest BCUT2D eigenvalue weighted by Gasteiger charge is -2.29. The molecule has 2 fully saturated rings. The summed E-state index contributed by atoms with van der Waals surface area (Å²) in [4.78, 5) is 43.6. The highest BCUT2D eigenvalue weighted by Gasteiger charge is 2.48. The molecule has 4 heterocycles. The van der Waals surface area contributed by atoms with E-state index in [1.807, 2.05) is 24.3 Å². The van der Waals surface area contributed by atoms with Gasteiger partial charge in [-0.3, -0.25) is 19.5 Å². The van der Waals surface area contributed by atoms with Crippen LogP contribution in [-0.2, 0) is 14.3 Å². The molecular weight excluding hydrogens is 518 g/mol. The fourth-order valence-corrected chi connectivity index (χ4v) is 5.70. The number of aromatic nitrogens is 3. The molecular formula is C32H35N5O4. The highest BCUT2D eigenvalue weighted by atomic mass is 16.5. The third-order valence-corrected chi connectivity index (χ3v) is 8.25. The third kappa shape index (κ3) is 6.21. The Morgan fingerprint density at radius 1 is 1.00 bits per heavy atom. The lowest BCUT2D eigenvalue weighted by Crippen LogP contribution is -2.45. The number of methoxy groups -OCH3 is 1. The van der Waals surface area contributed by atoms with Gasteiger partial charge >= 0.3 is 5.97 Å². The van der Waals surface area contributed by atoms with Gasteiger partial charge in [-0.05, 0) is 49.0 Å². The average Bonchev–Trinajstić information content (AvgIpc) is 3.78. The largest absolute Gasteiger partial charge is 0.426 e. The number of hydrogen-bond acceptors (Lipinski definition) is 8. The van der Waals surface area contributed by atoms with Gasteiger partial charge in [0.25, 0.3) is 0 Å². The second-order valence-electron chi connectivity index (χ2n) is 11.2. The van der Waals surface area contributed by atoms with Crippen molar-refractivity contribution >= 4 is 17.4 Å². The maximum atomic E-state index is 13.4. The topological polar surface area (TPSA) is 97.8 Å². The molecule has 1 saturated carbocycles. The maximum absolute atomic E-state index is 13.4. The molecule has 6 rings (SSSR count). The number of pyridine rings is 1. The van der Waals surface area contributed by atoms with Gasteiger partial charge in [-0.15, -0.1) is 0 Å². The van der Waals surface area contributed by atoms with Crippen LogP contribution in [0.3, 0.4) is 0 Å². The van der Waals surface area contributed by atoms with Crippen LogP contribution >= 0.6 is 0 Å². The van der Waals surface area contributed by atoms with Gasteiger partial charge in [0.15, 0.2) is 5.82 Å². The monoisotopic (exact) mass is 553 g/mol. The van der Waals surface area contributed by atoms with E-state index in [0.29, 0.717) is 50.1 Å². The van der Waals surface area contributed by atoms with E-state index in [-0.39, 0.29) is 18.5 Å². The Morgan fingerprint density at radius 2 is 1.78 bits per heavy atom. The van der Waals surface area contributed by atoms with Gasteiger partial charge in [0, 0.05) is 75.1 Å². The van der Waals surface area contributed by atoms with Crippen molar-refractivity contribution in [1.29, 1.82) is 0 Å². The predicted molar refractivity (Wildman–Crippen MR) is 154 cm³/mol. The predicted octanol–water partition coefficient (Wildman–Crippen LogP) is 3.98. The number of carbonyl (C=O) groups excluding carboxylic acids is 2. The molecule has 1 aromatic carbocycles. The molecule has 9 nitrogen and oxygen atoms in total. The van der Waals surface area contributed by atoms with Gasteiger partial charge in [0.2, 0.25) is 5.91 Å². The zero-order chi connectivity index (χ0) is 28.2. The molecule has 1 saturated heterocycles. The molecule has 1 unspecified atom stereocenters. The number of ether oxygens (including phenoxy) is 2. The molecule has 212 valence electrons. The van der Waals surface area contributed by atoms with E-state index in [2.05, 4.69) is 38.1 Å². The van der Waals surface area contributed by atoms with Gasteiger partial charge in [-0.1, -0.05) is 30.3 Å². The molecule has 0 bridgehead atoms. The average molecular weight is 554 g/mol. The SMILES string of the molecule is COCC1(C(=O)Oc2ccnc(C3CC3)c2)CCN(C(=O)CN2CC=C(c3ccc(-c4ncccn4)cc3)CC2)C1. The molecule has 1 aliphatic carbocycles. The zero-order valence-electron chi connectivity index (χ0n) is 23.4. The van der Waals surface area contributed by atoms with Crippen LogP contribution in [0, 0.1) is 5.41 Å². The molecule has 2 aliphatic heterocycles. The Hall–Kier alpha value is -3.95. The smallest absolute Gasteiger partial charge is 0.321 e. The number of carbonyl (C=O) groups is 2. The number of benzene rings is 1. The Kier molecular flexibility index (Phi) is 7.89. The van der Waals surface area contributed by atoms with Crippen molar-refractivity contribution in [3.05, 3.63) is 78.4 Å². The second kappa shape index (κ2) is 11.9. The van der Waals surface area contributed by atoms with Crippen LogP contribution < -0.4 is 4.74 Å². The van der Waals surface area contributed by atoms with Crippen molar-refractivity contribution in [1.82, 2.24) is 24.8 Å². The van der Waals surface area contributed by atoms with Crippen LogP contribution in [0.1, 0.15) is 42.9 Å². The first-order valence-electron chi connectivity index (χ1n) is 14.3. The van der Waals surface area contributed by atoms with Crippen molar-refractivity contribution in [3.8, 4) is 17.1 Å². The van der Waals surface area contributed by atoms with Crippen molar-refractivity contribution in [2.45, 2.75) is 31.6 Å². The van der Waals surface area contributed by atoms with Gasteiger partial charge in [0.05, 0.1) is 13.2 Å². The second-order valence-corrected chi connectivity index (χ2v) is 11.2. The van der Waals surface area contributed by atoms with Gasteiger partial charge in [-0.25, -0.2) is 9.97 Å². The zero-order valence-corrected chi connectivity index (χ0v) is 23.4. The van der Waals surface area contributed by atoms with Crippen LogP contribution in [0.25, 0.3) is 17.0 Å². The van der Waals surface area contributed by atoms with Crippen LogP contribution in [0.5, 0.6) is 5.75 Å². The lowest BCUT2D eigenvalue weighted by atomic mass is 9.88. The Labute approximate surface area is 240 Å². The minimum Gasteiger partial charge on any atom is -0.426 e. The molecule has 9 heteroatoms. The number of amides is 1. The van der Waals surface area contributed by atoms with Crippen molar-refractivity contribution in [2.75, 3.05) is 46.4 Å². The Morgan fingerprint density at radius 3 is 2.49 bits per heavy atom. The minimum atomic E-state index is -0.876. The summed E-state index contributed by atoms with van der Waals surface area (Å²) in [5, 5.41) is 0. The summed E-state index contributed by atoms with van der Waals surface area (Å²) < 4.78 is 11.3. The first-order valence-corrected chi connectivity index (χ1v) is 14.3. The van der Waals surface area contributed by atoms with Crippen molar-refractivity contribution < 1.29 is 19.1 Å². The Balaban J connectivity index is 1.04. The van der Waals surface area contributed by atoms with Crippen LogP contribution in [0.15, 0.2) is 67.1 Å². The van der Waals surface area contributed by atoms with E-state index in [1.54, 1.807) is 36.7 Å². The number of nitrogens with zero attached hydrogens (tertiary/aromatic N) is 5.